The lowest BCUT2D eigenvalue weighted by atomic mass is 10.0. The molecule has 0 radical (unpaired) electrons. The number of ether oxygens (including phenoxy) is 3. The molecule has 0 unspecified atom stereocenters. The number of halogens is 1. The third-order valence-electron chi connectivity index (χ3n) is 3.60. The van der Waals surface area contributed by atoms with Crippen LogP contribution in [0.25, 0.3) is 22.0 Å². The van der Waals surface area contributed by atoms with Crippen molar-refractivity contribution in [3.8, 4) is 28.5 Å². The number of methoxy groups -OCH3 is 3. The molecule has 3 rings (SSSR count). The zero-order valence-corrected chi connectivity index (χ0v) is 13.7. The Morgan fingerprint density at radius 1 is 0.783 bits per heavy atom. The van der Waals surface area contributed by atoms with Crippen molar-refractivity contribution >= 4 is 22.4 Å². The molecule has 5 nitrogen and oxygen atoms in total. The highest BCUT2D eigenvalue weighted by molar-refractivity contribution is 6.34. The molecule has 0 saturated heterocycles. The fourth-order valence-corrected chi connectivity index (χ4v) is 2.62. The third kappa shape index (κ3) is 2.75. The van der Waals surface area contributed by atoms with Gasteiger partial charge in [-0.05, 0) is 36.4 Å². The van der Waals surface area contributed by atoms with Crippen LogP contribution < -0.4 is 14.2 Å². The van der Waals surface area contributed by atoms with Gasteiger partial charge in [0.2, 0.25) is 0 Å². The van der Waals surface area contributed by atoms with Crippen LogP contribution in [0, 0.1) is 0 Å². The van der Waals surface area contributed by atoms with Gasteiger partial charge in [-0.15, -0.1) is 10.2 Å². The van der Waals surface area contributed by atoms with Crippen LogP contribution in [0.4, 0.5) is 0 Å². The molecule has 0 fully saturated rings. The molecule has 0 aliphatic carbocycles. The van der Waals surface area contributed by atoms with Crippen LogP contribution in [0.5, 0.6) is 17.2 Å². The van der Waals surface area contributed by atoms with Crippen molar-refractivity contribution in [2.45, 2.75) is 0 Å². The van der Waals surface area contributed by atoms with Gasteiger partial charge in [-0.3, -0.25) is 0 Å². The van der Waals surface area contributed by atoms with Crippen LogP contribution in [0.1, 0.15) is 0 Å². The highest BCUT2D eigenvalue weighted by atomic mass is 35.5. The zero-order chi connectivity index (χ0) is 16.4. The molecule has 0 spiro atoms. The molecule has 0 aliphatic rings. The first-order chi connectivity index (χ1) is 11.2. The van der Waals surface area contributed by atoms with Crippen LogP contribution in [0.2, 0.25) is 5.15 Å². The molecule has 118 valence electrons. The summed E-state index contributed by atoms with van der Waals surface area (Å²) in [5.74, 6) is 2.00. The largest absolute Gasteiger partial charge is 0.497 e. The summed E-state index contributed by atoms with van der Waals surface area (Å²) < 4.78 is 15.9. The number of rotatable bonds is 4. The van der Waals surface area contributed by atoms with E-state index in [1.54, 1.807) is 21.3 Å². The summed E-state index contributed by atoms with van der Waals surface area (Å²) in [7, 11) is 4.80. The third-order valence-corrected chi connectivity index (χ3v) is 3.88. The highest BCUT2D eigenvalue weighted by Crippen LogP contribution is 2.36. The van der Waals surface area contributed by atoms with Crippen molar-refractivity contribution < 1.29 is 14.2 Å². The van der Waals surface area contributed by atoms with Crippen molar-refractivity contribution in [1.82, 2.24) is 10.2 Å². The van der Waals surface area contributed by atoms with Gasteiger partial charge in [-0.2, -0.15) is 0 Å². The lowest BCUT2D eigenvalue weighted by Gasteiger charge is -2.11. The molecule has 6 heteroatoms. The highest BCUT2D eigenvalue weighted by Gasteiger charge is 2.13. The Bertz CT molecular complexity index is 868. The molecule has 0 saturated carbocycles. The summed E-state index contributed by atoms with van der Waals surface area (Å²) in [6, 6.07) is 11.2. The topological polar surface area (TPSA) is 53.5 Å². The molecule has 0 N–H and O–H groups in total. The van der Waals surface area contributed by atoms with E-state index in [1.165, 1.54) is 0 Å². The normalized spacial score (nSPS) is 10.6. The molecular weight excluding hydrogens is 316 g/mol. The molecule has 1 aromatic heterocycles. The quantitative estimate of drug-likeness (QED) is 0.724. The maximum atomic E-state index is 6.18. The Morgan fingerprint density at radius 2 is 1.57 bits per heavy atom. The van der Waals surface area contributed by atoms with Crippen molar-refractivity contribution in [2.24, 2.45) is 0 Å². The molecule has 3 aromatic rings. The number of fused-ring (bicyclic) bond motifs is 1. The predicted octanol–water partition coefficient (Wildman–Crippen LogP) is 3.98. The Kier molecular flexibility index (Phi) is 4.21. The van der Waals surface area contributed by atoms with Gasteiger partial charge in [0.25, 0.3) is 0 Å². The van der Waals surface area contributed by atoms with Gasteiger partial charge in [-0.25, -0.2) is 0 Å². The molecule has 2 aromatic carbocycles. The van der Waals surface area contributed by atoms with Crippen LogP contribution in [-0.4, -0.2) is 31.5 Å². The summed E-state index contributed by atoms with van der Waals surface area (Å²) in [5.41, 5.74) is 1.58. The molecule has 0 atom stereocenters. The summed E-state index contributed by atoms with van der Waals surface area (Å²) in [6.45, 7) is 0. The lowest BCUT2D eigenvalue weighted by molar-refractivity contribution is 0.355. The van der Waals surface area contributed by atoms with Crippen molar-refractivity contribution in [1.29, 1.82) is 0 Å². The maximum Gasteiger partial charge on any atom is 0.161 e. The maximum absolute atomic E-state index is 6.18. The Labute approximate surface area is 138 Å². The molecular formula is C17H15ClN2O3. The summed E-state index contributed by atoms with van der Waals surface area (Å²) in [5, 5.41) is 10.3. The minimum atomic E-state index is 0.336. The van der Waals surface area contributed by atoms with E-state index >= 15 is 0 Å². The Morgan fingerprint density at radius 3 is 2.26 bits per heavy atom. The van der Waals surface area contributed by atoms with Gasteiger partial charge < -0.3 is 14.2 Å². The van der Waals surface area contributed by atoms with E-state index in [4.69, 9.17) is 25.8 Å². The SMILES string of the molecule is COc1ccc2c(-c3ccc(OC)c(OC)c3)nnc(Cl)c2c1. The van der Waals surface area contributed by atoms with E-state index in [0.717, 1.165) is 16.3 Å². The van der Waals surface area contributed by atoms with Crippen LogP contribution in [0.3, 0.4) is 0 Å². The van der Waals surface area contributed by atoms with E-state index in [9.17, 15) is 0 Å². The monoisotopic (exact) mass is 330 g/mol. The minimum Gasteiger partial charge on any atom is -0.497 e. The molecule has 0 amide bonds. The summed E-state index contributed by atoms with van der Waals surface area (Å²) in [6.07, 6.45) is 0. The van der Waals surface area contributed by atoms with Gasteiger partial charge in [0.15, 0.2) is 16.7 Å². The standard InChI is InChI=1S/C17H15ClN2O3/c1-21-11-5-6-12-13(9-11)17(18)20-19-16(12)10-4-7-14(22-2)15(8-10)23-3/h4-9H,1-3H3. The fourth-order valence-electron chi connectivity index (χ4n) is 2.43. The number of hydrogen-bond acceptors (Lipinski definition) is 5. The van der Waals surface area contributed by atoms with Crippen molar-refractivity contribution in [2.75, 3.05) is 21.3 Å². The van der Waals surface area contributed by atoms with E-state index < -0.39 is 0 Å². The van der Waals surface area contributed by atoms with E-state index in [0.29, 0.717) is 28.1 Å². The van der Waals surface area contributed by atoms with E-state index in [2.05, 4.69) is 10.2 Å². The second kappa shape index (κ2) is 6.30. The predicted molar refractivity (Wildman–Crippen MR) is 89.6 cm³/mol. The van der Waals surface area contributed by atoms with Crippen molar-refractivity contribution in [3.05, 3.63) is 41.6 Å². The van der Waals surface area contributed by atoms with Gasteiger partial charge in [0, 0.05) is 16.3 Å². The van der Waals surface area contributed by atoms with Gasteiger partial charge in [0.1, 0.15) is 11.4 Å². The fraction of sp³-hybridized carbons (Fsp3) is 0.176. The average Bonchev–Trinajstić information content (AvgIpc) is 2.61. The van der Waals surface area contributed by atoms with Gasteiger partial charge in [0.05, 0.1) is 21.3 Å². The summed E-state index contributed by atoms with van der Waals surface area (Å²) in [4.78, 5) is 0. The first kappa shape index (κ1) is 15.4. The molecule has 0 bridgehead atoms. The van der Waals surface area contributed by atoms with E-state index in [1.807, 2.05) is 36.4 Å². The Hall–Kier alpha value is -2.53. The van der Waals surface area contributed by atoms with Crippen LogP contribution in [-0.2, 0) is 0 Å². The average molecular weight is 331 g/mol. The molecule has 1 heterocycles. The lowest BCUT2D eigenvalue weighted by Crippen LogP contribution is -1.95. The smallest absolute Gasteiger partial charge is 0.161 e. The number of hydrogen-bond donors (Lipinski definition) is 0. The van der Waals surface area contributed by atoms with Crippen LogP contribution in [0.15, 0.2) is 36.4 Å². The second-order valence-corrected chi connectivity index (χ2v) is 5.18. The second-order valence-electron chi connectivity index (χ2n) is 4.82. The number of aromatic nitrogens is 2. The molecule has 23 heavy (non-hydrogen) atoms. The van der Waals surface area contributed by atoms with E-state index in [-0.39, 0.29) is 0 Å². The molecule has 0 aliphatic heterocycles. The summed E-state index contributed by atoms with van der Waals surface area (Å²) >= 11 is 6.18. The van der Waals surface area contributed by atoms with Gasteiger partial charge in [-0.1, -0.05) is 11.6 Å². The first-order valence-corrected chi connectivity index (χ1v) is 7.28. The Balaban J connectivity index is 2.22. The zero-order valence-electron chi connectivity index (χ0n) is 13.0. The van der Waals surface area contributed by atoms with Crippen LogP contribution >= 0.6 is 11.6 Å². The van der Waals surface area contributed by atoms with Gasteiger partial charge >= 0.3 is 0 Å². The number of benzene rings is 2. The van der Waals surface area contributed by atoms with Crippen molar-refractivity contribution in [3.63, 3.8) is 0 Å². The minimum absolute atomic E-state index is 0.336. The first-order valence-electron chi connectivity index (χ1n) is 6.90. The number of nitrogens with zero attached hydrogens (tertiary/aromatic N) is 2.